The first-order chi connectivity index (χ1) is 7.66. The number of anilines is 2. The molecule has 82 valence electrons. The molecule has 6 heteroatoms. The lowest BCUT2D eigenvalue weighted by atomic mass is 10.1. The predicted octanol–water partition coefficient (Wildman–Crippen LogP) is 1.68. The van der Waals surface area contributed by atoms with E-state index in [4.69, 9.17) is 5.73 Å². The van der Waals surface area contributed by atoms with Crippen LogP contribution in [0.25, 0.3) is 0 Å². The van der Waals surface area contributed by atoms with Crippen LogP contribution in [0.5, 0.6) is 0 Å². The van der Waals surface area contributed by atoms with Crippen LogP contribution < -0.4 is 11.1 Å². The molecule has 3 N–H and O–H groups in total. The van der Waals surface area contributed by atoms with Crippen molar-refractivity contribution in [1.29, 1.82) is 0 Å². The summed E-state index contributed by atoms with van der Waals surface area (Å²) in [5.74, 6) is -0.210. The van der Waals surface area contributed by atoms with Crippen molar-refractivity contribution < 1.29 is 4.79 Å². The van der Waals surface area contributed by atoms with Gasteiger partial charge in [-0.15, -0.1) is 5.10 Å². The number of nitrogen functional groups attached to an aromatic ring is 1. The van der Waals surface area contributed by atoms with Gasteiger partial charge in [-0.1, -0.05) is 10.6 Å². The van der Waals surface area contributed by atoms with Crippen LogP contribution in [-0.4, -0.2) is 15.5 Å². The van der Waals surface area contributed by atoms with Gasteiger partial charge in [0.05, 0.1) is 6.20 Å². The molecule has 0 unspecified atom stereocenters. The number of nitrogens with one attached hydrogen (secondary N) is 1. The van der Waals surface area contributed by atoms with Crippen molar-refractivity contribution in [2.75, 3.05) is 11.1 Å². The van der Waals surface area contributed by atoms with Crippen LogP contribution in [0.4, 0.5) is 10.7 Å². The third-order valence-electron chi connectivity index (χ3n) is 2.14. The van der Waals surface area contributed by atoms with Gasteiger partial charge in [-0.25, -0.2) is 0 Å². The number of hydrogen-bond acceptors (Lipinski definition) is 5. The summed E-state index contributed by atoms with van der Waals surface area (Å²) in [4.78, 5) is 11.8. The van der Waals surface area contributed by atoms with Gasteiger partial charge < -0.3 is 11.1 Å². The summed E-state index contributed by atoms with van der Waals surface area (Å²) in [6.07, 6.45) is 1.50. The molecule has 0 radical (unpaired) electrons. The fourth-order valence-electron chi connectivity index (χ4n) is 1.19. The minimum atomic E-state index is -0.210. The molecule has 0 aliphatic heterocycles. The molecule has 0 aliphatic carbocycles. The van der Waals surface area contributed by atoms with Crippen molar-refractivity contribution in [3.63, 3.8) is 0 Å². The third-order valence-corrected chi connectivity index (χ3v) is 2.72. The van der Waals surface area contributed by atoms with Crippen LogP contribution in [0.1, 0.15) is 15.9 Å². The second kappa shape index (κ2) is 4.28. The second-order valence-electron chi connectivity index (χ2n) is 3.31. The van der Waals surface area contributed by atoms with Gasteiger partial charge in [0.1, 0.15) is 5.00 Å². The molecule has 0 bridgehead atoms. The van der Waals surface area contributed by atoms with Gasteiger partial charge in [0, 0.05) is 22.8 Å². The highest BCUT2D eigenvalue weighted by molar-refractivity contribution is 7.10. The number of carbonyl (C=O) groups excluding carboxylic acids is 1. The van der Waals surface area contributed by atoms with Crippen LogP contribution in [0.2, 0.25) is 0 Å². The van der Waals surface area contributed by atoms with Crippen LogP contribution in [0, 0.1) is 6.92 Å². The maximum absolute atomic E-state index is 11.8. The number of amides is 1. The molecule has 0 saturated carbocycles. The molecule has 2 rings (SSSR count). The van der Waals surface area contributed by atoms with Crippen molar-refractivity contribution in [1.82, 2.24) is 9.59 Å². The van der Waals surface area contributed by atoms with Crippen LogP contribution in [0.3, 0.4) is 0 Å². The topological polar surface area (TPSA) is 80.9 Å². The molecular weight excluding hydrogens is 224 g/mol. The molecule has 0 saturated heterocycles. The van der Waals surface area contributed by atoms with Crippen LogP contribution in [-0.2, 0) is 0 Å². The largest absolute Gasteiger partial charge is 0.398 e. The van der Waals surface area contributed by atoms with E-state index in [9.17, 15) is 4.79 Å². The van der Waals surface area contributed by atoms with Gasteiger partial charge >= 0.3 is 0 Å². The van der Waals surface area contributed by atoms with E-state index in [1.165, 1.54) is 6.20 Å². The van der Waals surface area contributed by atoms with Gasteiger partial charge in [0.2, 0.25) is 0 Å². The van der Waals surface area contributed by atoms with E-state index >= 15 is 0 Å². The molecule has 0 aliphatic rings. The highest BCUT2D eigenvalue weighted by Gasteiger charge is 2.08. The summed E-state index contributed by atoms with van der Waals surface area (Å²) >= 11 is 1.13. The molecule has 1 amide bonds. The van der Waals surface area contributed by atoms with Gasteiger partial charge in [0.25, 0.3) is 5.91 Å². The molecule has 5 nitrogen and oxygen atoms in total. The number of rotatable bonds is 2. The normalized spacial score (nSPS) is 10.1. The third kappa shape index (κ3) is 2.17. The maximum Gasteiger partial charge on any atom is 0.256 e. The number of aryl methyl sites for hydroxylation is 1. The smallest absolute Gasteiger partial charge is 0.256 e. The van der Waals surface area contributed by atoms with Gasteiger partial charge in [-0.05, 0) is 24.6 Å². The van der Waals surface area contributed by atoms with Gasteiger partial charge in [-0.3, -0.25) is 4.79 Å². The number of nitrogens with two attached hydrogens (primary N) is 1. The maximum atomic E-state index is 11.8. The van der Waals surface area contributed by atoms with E-state index in [1.54, 1.807) is 12.1 Å². The number of nitrogens with zero attached hydrogens (tertiary/aromatic N) is 2. The number of carbonyl (C=O) groups is 1. The first-order valence-corrected chi connectivity index (χ1v) is 5.39. The number of benzene rings is 1. The molecule has 1 aromatic carbocycles. The Morgan fingerprint density at radius 2 is 2.31 bits per heavy atom. The molecule has 0 atom stereocenters. The predicted molar refractivity (Wildman–Crippen MR) is 63.5 cm³/mol. The molecule has 16 heavy (non-hydrogen) atoms. The van der Waals surface area contributed by atoms with E-state index < -0.39 is 0 Å². The summed E-state index contributed by atoms with van der Waals surface area (Å²) in [7, 11) is 0. The minimum absolute atomic E-state index is 0.210. The highest BCUT2D eigenvalue weighted by Crippen LogP contribution is 2.15. The summed E-state index contributed by atoms with van der Waals surface area (Å²) in [6, 6.07) is 5.20. The van der Waals surface area contributed by atoms with Crippen molar-refractivity contribution in [3.05, 3.63) is 35.5 Å². The van der Waals surface area contributed by atoms with Crippen molar-refractivity contribution >= 4 is 28.1 Å². The van der Waals surface area contributed by atoms with Crippen LogP contribution in [0.15, 0.2) is 24.4 Å². The van der Waals surface area contributed by atoms with Crippen molar-refractivity contribution in [3.8, 4) is 0 Å². The number of aromatic nitrogens is 2. The average Bonchev–Trinajstić information content (AvgIpc) is 2.74. The zero-order valence-electron chi connectivity index (χ0n) is 8.60. The molecule has 1 heterocycles. The fourth-order valence-corrected chi connectivity index (χ4v) is 1.60. The van der Waals surface area contributed by atoms with Crippen LogP contribution >= 0.6 is 11.5 Å². The standard InChI is InChI=1S/C10H10N4OS/c1-6-2-3-7(4-8(6)11)10(15)13-9-5-12-14-16-9/h2-5H,11H2,1H3,(H,13,15). The highest BCUT2D eigenvalue weighted by atomic mass is 32.1. The van der Waals surface area contributed by atoms with Crippen molar-refractivity contribution in [2.24, 2.45) is 0 Å². The Balaban J connectivity index is 2.18. The van der Waals surface area contributed by atoms with Gasteiger partial charge in [-0.2, -0.15) is 0 Å². The molecule has 0 fully saturated rings. The van der Waals surface area contributed by atoms with E-state index in [0.717, 1.165) is 17.1 Å². The molecule has 1 aromatic heterocycles. The number of hydrogen-bond donors (Lipinski definition) is 2. The molecular formula is C10H10N4OS. The summed E-state index contributed by atoms with van der Waals surface area (Å²) in [5.41, 5.74) is 7.82. The van der Waals surface area contributed by atoms with E-state index in [-0.39, 0.29) is 5.91 Å². The first kappa shape index (κ1) is 10.6. The summed E-state index contributed by atoms with van der Waals surface area (Å²) in [5, 5.41) is 6.93. The quantitative estimate of drug-likeness (QED) is 0.775. The minimum Gasteiger partial charge on any atom is -0.398 e. The second-order valence-corrected chi connectivity index (χ2v) is 4.09. The van der Waals surface area contributed by atoms with E-state index in [2.05, 4.69) is 14.9 Å². The Morgan fingerprint density at radius 1 is 1.50 bits per heavy atom. The Bertz CT molecular complexity index is 510. The van der Waals surface area contributed by atoms with E-state index in [1.807, 2.05) is 13.0 Å². The first-order valence-electron chi connectivity index (χ1n) is 4.61. The lowest BCUT2D eigenvalue weighted by molar-refractivity contribution is 0.102. The zero-order chi connectivity index (χ0) is 11.5. The summed E-state index contributed by atoms with van der Waals surface area (Å²) in [6.45, 7) is 1.89. The SMILES string of the molecule is Cc1ccc(C(=O)Nc2cnns2)cc1N. The molecule has 0 spiro atoms. The fraction of sp³-hybridized carbons (Fsp3) is 0.100. The monoisotopic (exact) mass is 234 g/mol. The Morgan fingerprint density at radius 3 is 2.94 bits per heavy atom. The van der Waals surface area contributed by atoms with Gasteiger partial charge in [0.15, 0.2) is 0 Å². The lowest BCUT2D eigenvalue weighted by Crippen LogP contribution is -2.11. The lowest BCUT2D eigenvalue weighted by Gasteiger charge is -2.04. The van der Waals surface area contributed by atoms with E-state index in [0.29, 0.717) is 16.3 Å². The Kier molecular flexibility index (Phi) is 2.82. The summed E-state index contributed by atoms with van der Waals surface area (Å²) < 4.78 is 3.65. The Labute approximate surface area is 96.5 Å². The average molecular weight is 234 g/mol. The van der Waals surface area contributed by atoms with Crippen molar-refractivity contribution in [2.45, 2.75) is 6.92 Å². The Hall–Kier alpha value is -1.95. The zero-order valence-corrected chi connectivity index (χ0v) is 9.41. The molecule has 2 aromatic rings.